The molecule has 5 nitrogen and oxygen atoms in total. The molecule has 0 fully saturated rings. The largest absolute Gasteiger partial charge is 0.395 e. The van der Waals surface area contributed by atoms with Gasteiger partial charge in [0.05, 0.1) is 12.6 Å². The maximum Gasteiger partial charge on any atom is 0.239 e. The number of rotatable bonds is 5. The summed E-state index contributed by atoms with van der Waals surface area (Å²) in [7, 11) is 1.65. The summed E-state index contributed by atoms with van der Waals surface area (Å²) in [6.45, 7) is 0.252. The highest BCUT2D eigenvalue weighted by atomic mass is 16.3. The van der Waals surface area contributed by atoms with Gasteiger partial charge in [-0.15, -0.1) is 0 Å². The number of aromatic amines is 1. The molecule has 0 aliphatic rings. The number of hydrogen-bond donors (Lipinski definition) is 3. The van der Waals surface area contributed by atoms with E-state index in [0.717, 1.165) is 16.5 Å². The molecule has 4 N–H and O–H groups in total. The van der Waals surface area contributed by atoms with Gasteiger partial charge in [0.1, 0.15) is 0 Å². The number of hydrogen-bond acceptors (Lipinski definition) is 3. The fourth-order valence-electron chi connectivity index (χ4n) is 2.17. The van der Waals surface area contributed by atoms with Crippen molar-refractivity contribution in [3.8, 4) is 0 Å². The van der Waals surface area contributed by atoms with Gasteiger partial charge in [-0.2, -0.15) is 0 Å². The number of amides is 1. The number of aromatic nitrogens is 1. The van der Waals surface area contributed by atoms with E-state index in [9.17, 15) is 4.79 Å². The molecular formula is C14H19N3O2. The number of likely N-dealkylation sites (N-methyl/N-ethyl adjacent to an activating group) is 1. The first-order valence-corrected chi connectivity index (χ1v) is 6.30. The van der Waals surface area contributed by atoms with Crippen molar-refractivity contribution < 1.29 is 9.90 Å². The Morgan fingerprint density at radius 3 is 2.95 bits per heavy atom. The van der Waals surface area contributed by atoms with E-state index < -0.39 is 6.04 Å². The number of carbonyl (C=O) groups excluding carboxylic acids is 1. The van der Waals surface area contributed by atoms with Crippen LogP contribution in [0.25, 0.3) is 10.9 Å². The molecule has 0 radical (unpaired) electrons. The van der Waals surface area contributed by atoms with Crippen LogP contribution in [-0.2, 0) is 11.2 Å². The first-order valence-electron chi connectivity index (χ1n) is 6.30. The average Bonchev–Trinajstić information content (AvgIpc) is 2.81. The minimum absolute atomic E-state index is 0.0535. The molecule has 2 rings (SSSR count). The molecule has 1 aromatic heterocycles. The fraction of sp³-hybridized carbons (Fsp3) is 0.357. The Kier molecular flexibility index (Phi) is 4.19. The zero-order chi connectivity index (χ0) is 13.8. The van der Waals surface area contributed by atoms with Gasteiger partial charge in [0, 0.05) is 30.7 Å². The van der Waals surface area contributed by atoms with Crippen molar-refractivity contribution in [2.75, 3.05) is 20.2 Å². The third-order valence-corrected chi connectivity index (χ3v) is 3.24. The molecule has 5 heteroatoms. The standard InChI is InChI=1S/C14H19N3O2/c1-17(6-7-18)14(19)12(15)8-10-9-16-13-5-3-2-4-11(10)13/h2-5,9,12,16,18H,6-8,15H2,1H3/t12-/m1/s1. The lowest BCUT2D eigenvalue weighted by Crippen LogP contribution is -2.44. The highest BCUT2D eigenvalue weighted by molar-refractivity contribution is 5.86. The molecule has 0 aliphatic carbocycles. The summed E-state index contributed by atoms with van der Waals surface area (Å²) in [6.07, 6.45) is 2.38. The summed E-state index contributed by atoms with van der Waals surface area (Å²) < 4.78 is 0. The van der Waals surface area contributed by atoms with Crippen LogP contribution < -0.4 is 5.73 Å². The Morgan fingerprint density at radius 1 is 1.47 bits per heavy atom. The molecule has 0 bridgehead atoms. The smallest absolute Gasteiger partial charge is 0.239 e. The lowest BCUT2D eigenvalue weighted by atomic mass is 10.0. The van der Waals surface area contributed by atoms with Crippen LogP contribution in [0.15, 0.2) is 30.5 Å². The van der Waals surface area contributed by atoms with Gasteiger partial charge in [0.2, 0.25) is 5.91 Å². The third-order valence-electron chi connectivity index (χ3n) is 3.24. The van der Waals surface area contributed by atoms with E-state index in [4.69, 9.17) is 10.8 Å². The summed E-state index contributed by atoms with van der Waals surface area (Å²) in [6, 6.07) is 7.34. The second-order valence-electron chi connectivity index (χ2n) is 4.65. The lowest BCUT2D eigenvalue weighted by Gasteiger charge is -2.20. The summed E-state index contributed by atoms with van der Waals surface area (Å²) in [4.78, 5) is 16.6. The van der Waals surface area contributed by atoms with Gasteiger partial charge < -0.3 is 20.7 Å². The molecule has 1 heterocycles. The van der Waals surface area contributed by atoms with Crippen LogP contribution in [0, 0.1) is 0 Å². The fourth-order valence-corrected chi connectivity index (χ4v) is 2.17. The Balaban J connectivity index is 2.10. The Labute approximate surface area is 112 Å². The zero-order valence-electron chi connectivity index (χ0n) is 11.0. The molecule has 1 atom stereocenters. The number of para-hydroxylation sites is 1. The van der Waals surface area contributed by atoms with E-state index in [2.05, 4.69) is 4.98 Å². The van der Waals surface area contributed by atoms with E-state index in [0.29, 0.717) is 13.0 Å². The van der Waals surface area contributed by atoms with Crippen LogP contribution in [0.5, 0.6) is 0 Å². The van der Waals surface area contributed by atoms with E-state index in [-0.39, 0.29) is 12.5 Å². The Morgan fingerprint density at radius 2 is 2.21 bits per heavy atom. The maximum absolute atomic E-state index is 12.0. The Hall–Kier alpha value is -1.85. The highest BCUT2D eigenvalue weighted by Gasteiger charge is 2.19. The molecule has 0 unspecified atom stereocenters. The van der Waals surface area contributed by atoms with Crippen LogP contribution >= 0.6 is 0 Å². The van der Waals surface area contributed by atoms with Gasteiger partial charge in [-0.05, 0) is 18.1 Å². The van der Waals surface area contributed by atoms with E-state index >= 15 is 0 Å². The highest BCUT2D eigenvalue weighted by Crippen LogP contribution is 2.18. The summed E-state index contributed by atoms with van der Waals surface area (Å²) in [5.41, 5.74) is 8.02. The predicted octanol–water partition coefficient (Wildman–Crippen LogP) is 0.488. The quantitative estimate of drug-likeness (QED) is 0.732. The molecule has 0 saturated heterocycles. The average molecular weight is 261 g/mol. The van der Waals surface area contributed by atoms with Crippen molar-refractivity contribution in [3.63, 3.8) is 0 Å². The third kappa shape index (κ3) is 2.94. The molecule has 0 aliphatic heterocycles. The number of aliphatic hydroxyl groups excluding tert-OH is 1. The normalized spacial score (nSPS) is 12.6. The molecule has 1 aromatic carbocycles. The number of fused-ring (bicyclic) bond motifs is 1. The number of nitrogens with zero attached hydrogens (tertiary/aromatic N) is 1. The van der Waals surface area contributed by atoms with Crippen molar-refractivity contribution in [2.24, 2.45) is 5.73 Å². The van der Waals surface area contributed by atoms with E-state index in [1.54, 1.807) is 7.05 Å². The molecule has 2 aromatic rings. The number of benzene rings is 1. The topological polar surface area (TPSA) is 82.3 Å². The molecule has 1 amide bonds. The monoisotopic (exact) mass is 261 g/mol. The second kappa shape index (κ2) is 5.86. The van der Waals surface area contributed by atoms with Gasteiger partial charge >= 0.3 is 0 Å². The van der Waals surface area contributed by atoms with Crippen molar-refractivity contribution in [3.05, 3.63) is 36.0 Å². The van der Waals surface area contributed by atoms with E-state index in [1.807, 2.05) is 30.5 Å². The predicted molar refractivity (Wildman–Crippen MR) is 74.7 cm³/mol. The van der Waals surface area contributed by atoms with Crippen molar-refractivity contribution >= 4 is 16.8 Å². The van der Waals surface area contributed by atoms with Crippen LogP contribution in [-0.4, -0.2) is 47.1 Å². The minimum Gasteiger partial charge on any atom is -0.395 e. The van der Waals surface area contributed by atoms with Gasteiger partial charge in [0.15, 0.2) is 0 Å². The van der Waals surface area contributed by atoms with Crippen LogP contribution in [0.3, 0.4) is 0 Å². The molecule has 102 valence electrons. The maximum atomic E-state index is 12.0. The summed E-state index contributed by atoms with van der Waals surface area (Å²) >= 11 is 0. The lowest BCUT2D eigenvalue weighted by molar-refractivity contribution is -0.131. The van der Waals surface area contributed by atoms with Crippen LogP contribution in [0.4, 0.5) is 0 Å². The SMILES string of the molecule is CN(CCO)C(=O)[C@H](N)Cc1c[nH]c2ccccc12. The number of H-pyrrole nitrogens is 1. The minimum atomic E-state index is -0.587. The molecule has 19 heavy (non-hydrogen) atoms. The van der Waals surface area contributed by atoms with Gasteiger partial charge in [-0.25, -0.2) is 0 Å². The van der Waals surface area contributed by atoms with Gasteiger partial charge in [-0.1, -0.05) is 18.2 Å². The van der Waals surface area contributed by atoms with Crippen molar-refractivity contribution in [2.45, 2.75) is 12.5 Å². The van der Waals surface area contributed by atoms with Crippen LogP contribution in [0.2, 0.25) is 0 Å². The number of nitrogens with two attached hydrogens (primary N) is 1. The van der Waals surface area contributed by atoms with Crippen molar-refractivity contribution in [1.82, 2.24) is 9.88 Å². The first-order chi connectivity index (χ1) is 9.13. The first kappa shape index (κ1) is 13.6. The summed E-state index contributed by atoms with van der Waals surface area (Å²) in [5.74, 6) is -0.153. The Bertz CT molecular complexity index is 565. The zero-order valence-corrected chi connectivity index (χ0v) is 11.0. The summed E-state index contributed by atoms with van der Waals surface area (Å²) in [5, 5.41) is 9.92. The van der Waals surface area contributed by atoms with Gasteiger partial charge in [0.25, 0.3) is 0 Å². The van der Waals surface area contributed by atoms with Gasteiger partial charge in [-0.3, -0.25) is 4.79 Å². The second-order valence-corrected chi connectivity index (χ2v) is 4.65. The number of nitrogens with one attached hydrogen (secondary N) is 1. The van der Waals surface area contributed by atoms with E-state index in [1.165, 1.54) is 4.90 Å². The molecule has 0 saturated carbocycles. The van der Waals surface area contributed by atoms with Crippen molar-refractivity contribution in [1.29, 1.82) is 0 Å². The number of carbonyl (C=O) groups is 1. The van der Waals surface area contributed by atoms with Crippen LogP contribution in [0.1, 0.15) is 5.56 Å². The molecular weight excluding hydrogens is 242 g/mol. The molecule has 0 spiro atoms. The number of aliphatic hydroxyl groups is 1.